The van der Waals surface area contributed by atoms with Crippen LogP contribution < -0.4 is 11.3 Å². The number of aromatic nitrogens is 2. The van der Waals surface area contributed by atoms with Crippen molar-refractivity contribution < 1.29 is 0 Å². The molecule has 0 saturated carbocycles. The molecule has 1 aromatic carbocycles. The number of aryl methyl sites for hydroxylation is 2. The van der Waals surface area contributed by atoms with Crippen LogP contribution in [0.4, 0.5) is 0 Å². The Bertz CT molecular complexity index is 605. The van der Waals surface area contributed by atoms with Gasteiger partial charge >= 0.3 is 0 Å². The average Bonchev–Trinajstić information content (AvgIpc) is 2.43. The molecular weight excluding hydrogens is 238 g/mol. The van der Waals surface area contributed by atoms with E-state index in [2.05, 4.69) is 5.10 Å². The zero-order chi connectivity index (χ0) is 13.8. The van der Waals surface area contributed by atoms with Crippen molar-refractivity contribution in [1.82, 2.24) is 9.78 Å². The second-order valence-electron chi connectivity index (χ2n) is 4.66. The van der Waals surface area contributed by atoms with Gasteiger partial charge in [0.25, 0.3) is 5.56 Å². The van der Waals surface area contributed by atoms with Gasteiger partial charge in [-0.15, -0.1) is 0 Å². The lowest BCUT2D eigenvalue weighted by molar-refractivity contribution is 0.551. The van der Waals surface area contributed by atoms with Crippen LogP contribution in [0, 0.1) is 6.92 Å². The Morgan fingerprint density at radius 2 is 2.00 bits per heavy atom. The molecule has 0 spiro atoms. The standard InChI is InChI=1S/C15H19N3O/c1-3-9-18-15(19)13(10-11(2)17-18)14(16)12-7-5-4-6-8-12/h4-8,10,14H,3,9,16H2,1-2H3. The molecule has 0 amide bonds. The number of rotatable bonds is 4. The first kappa shape index (κ1) is 13.5. The van der Waals surface area contributed by atoms with Crippen molar-refractivity contribution in [2.45, 2.75) is 32.9 Å². The van der Waals surface area contributed by atoms with Crippen LogP contribution in [-0.2, 0) is 6.54 Å². The summed E-state index contributed by atoms with van der Waals surface area (Å²) < 4.78 is 1.51. The smallest absolute Gasteiger partial charge is 0.271 e. The molecule has 100 valence electrons. The molecule has 4 heteroatoms. The third-order valence-electron chi connectivity index (χ3n) is 3.05. The zero-order valence-electron chi connectivity index (χ0n) is 11.3. The molecule has 2 rings (SSSR count). The van der Waals surface area contributed by atoms with Gasteiger partial charge < -0.3 is 5.73 Å². The van der Waals surface area contributed by atoms with E-state index in [9.17, 15) is 4.79 Å². The Morgan fingerprint density at radius 1 is 1.32 bits per heavy atom. The van der Waals surface area contributed by atoms with E-state index in [1.54, 1.807) is 6.07 Å². The molecule has 2 aromatic rings. The number of nitrogens with zero attached hydrogens (tertiary/aromatic N) is 2. The highest BCUT2D eigenvalue weighted by Crippen LogP contribution is 2.16. The third-order valence-corrected chi connectivity index (χ3v) is 3.05. The van der Waals surface area contributed by atoms with E-state index in [4.69, 9.17) is 5.73 Å². The van der Waals surface area contributed by atoms with E-state index in [1.165, 1.54) is 4.68 Å². The largest absolute Gasteiger partial charge is 0.320 e. The van der Waals surface area contributed by atoms with Gasteiger partial charge in [-0.1, -0.05) is 37.3 Å². The molecule has 0 aliphatic rings. The summed E-state index contributed by atoms with van der Waals surface area (Å²) in [4.78, 5) is 12.3. The molecule has 1 heterocycles. The molecule has 0 radical (unpaired) electrons. The molecule has 1 aromatic heterocycles. The molecular formula is C15H19N3O. The fourth-order valence-electron chi connectivity index (χ4n) is 2.13. The van der Waals surface area contributed by atoms with Gasteiger partial charge in [0, 0.05) is 12.1 Å². The van der Waals surface area contributed by atoms with Gasteiger partial charge in [-0.05, 0) is 25.0 Å². The summed E-state index contributed by atoms with van der Waals surface area (Å²) in [6.07, 6.45) is 0.871. The first-order valence-corrected chi connectivity index (χ1v) is 6.52. The Balaban J connectivity index is 2.48. The first-order valence-electron chi connectivity index (χ1n) is 6.52. The third kappa shape index (κ3) is 2.90. The van der Waals surface area contributed by atoms with Crippen LogP contribution in [0.5, 0.6) is 0 Å². The van der Waals surface area contributed by atoms with E-state index >= 15 is 0 Å². The van der Waals surface area contributed by atoms with Crippen LogP contribution in [0.15, 0.2) is 41.2 Å². The van der Waals surface area contributed by atoms with Crippen LogP contribution in [0.25, 0.3) is 0 Å². The molecule has 19 heavy (non-hydrogen) atoms. The molecule has 1 atom stereocenters. The lowest BCUT2D eigenvalue weighted by atomic mass is 10.0. The monoisotopic (exact) mass is 257 g/mol. The second-order valence-corrected chi connectivity index (χ2v) is 4.66. The van der Waals surface area contributed by atoms with Crippen molar-refractivity contribution in [3.05, 3.63) is 63.6 Å². The summed E-state index contributed by atoms with van der Waals surface area (Å²) >= 11 is 0. The summed E-state index contributed by atoms with van der Waals surface area (Å²) in [5.74, 6) is 0. The summed E-state index contributed by atoms with van der Waals surface area (Å²) in [5, 5.41) is 4.25. The number of nitrogens with two attached hydrogens (primary N) is 1. The van der Waals surface area contributed by atoms with Crippen LogP contribution in [-0.4, -0.2) is 9.78 Å². The van der Waals surface area contributed by atoms with Crippen molar-refractivity contribution >= 4 is 0 Å². The highest BCUT2D eigenvalue weighted by Gasteiger charge is 2.15. The fourth-order valence-corrected chi connectivity index (χ4v) is 2.13. The van der Waals surface area contributed by atoms with E-state index in [1.807, 2.05) is 44.2 Å². The molecule has 0 saturated heterocycles. The number of hydrogen-bond donors (Lipinski definition) is 1. The average molecular weight is 257 g/mol. The molecule has 0 aliphatic carbocycles. The lowest BCUT2D eigenvalue weighted by Crippen LogP contribution is -2.31. The maximum Gasteiger partial charge on any atom is 0.271 e. The second kappa shape index (κ2) is 5.80. The summed E-state index contributed by atoms with van der Waals surface area (Å²) in [5.41, 5.74) is 8.47. The Labute approximate surface area is 112 Å². The van der Waals surface area contributed by atoms with Gasteiger partial charge in [0.05, 0.1) is 11.7 Å². The molecule has 2 N–H and O–H groups in total. The van der Waals surface area contributed by atoms with Gasteiger partial charge in [-0.25, -0.2) is 4.68 Å². The van der Waals surface area contributed by atoms with Crippen molar-refractivity contribution in [2.75, 3.05) is 0 Å². The molecule has 1 unspecified atom stereocenters. The maximum atomic E-state index is 12.3. The minimum Gasteiger partial charge on any atom is -0.320 e. The van der Waals surface area contributed by atoms with Crippen LogP contribution in [0.1, 0.15) is 36.2 Å². The maximum absolute atomic E-state index is 12.3. The molecule has 4 nitrogen and oxygen atoms in total. The van der Waals surface area contributed by atoms with Gasteiger partial charge in [0.2, 0.25) is 0 Å². The van der Waals surface area contributed by atoms with E-state index in [0.29, 0.717) is 12.1 Å². The van der Waals surface area contributed by atoms with E-state index in [0.717, 1.165) is 17.7 Å². The zero-order valence-corrected chi connectivity index (χ0v) is 11.3. The van der Waals surface area contributed by atoms with Crippen LogP contribution >= 0.6 is 0 Å². The first-order chi connectivity index (χ1) is 9.13. The molecule has 0 bridgehead atoms. The van der Waals surface area contributed by atoms with Crippen LogP contribution in [0.2, 0.25) is 0 Å². The number of hydrogen-bond acceptors (Lipinski definition) is 3. The van der Waals surface area contributed by atoms with E-state index < -0.39 is 6.04 Å². The summed E-state index contributed by atoms with van der Waals surface area (Å²) in [6.45, 7) is 4.52. The minimum absolute atomic E-state index is 0.0937. The lowest BCUT2D eigenvalue weighted by Gasteiger charge is -2.14. The van der Waals surface area contributed by atoms with E-state index in [-0.39, 0.29) is 5.56 Å². The van der Waals surface area contributed by atoms with Crippen molar-refractivity contribution in [1.29, 1.82) is 0 Å². The van der Waals surface area contributed by atoms with Crippen LogP contribution in [0.3, 0.4) is 0 Å². The number of benzene rings is 1. The van der Waals surface area contributed by atoms with Gasteiger partial charge in [0.1, 0.15) is 0 Å². The molecule has 0 fully saturated rings. The highest BCUT2D eigenvalue weighted by molar-refractivity contribution is 5.30. The Morgan fingerprint density at radius 3 is 2.63 bits per heavy atom. The normalized spacial score (nSPS) is 12.4. The predicted molar refractivity (Wildman–Crippen MR) is 76.0 cm³/mol. The summed E-state index contributed by atoms with van der Waals surface area (Å²) in [7, 11) is 0. The van der Waals surface area contributed by atoms with Crippen molar-refractivity contribution in [3.8, 4) is 0 Å². The Hall–Kier alpha value is -1.94. The van der Waals surface area contributed by atoms with Crippen molar-refractivity contribution in [3.63, 3.8) is 0 Å². The SMILES string of the molecule is CCCn1nc(C)cc(C(N)c2ccccc2)c1=O. The predicted octanol–water partition coefficient (Wildman–Crippen LogP) is 2.01. The highest BCUT2D eigenvalue weighted by atomic mass is 16.1. The van der Waals surface area contributed by atoms with Crippen molar-refractivity contribution in [2.24, 2.45) is 5.73 Å². The summed E-state index contributed by atoms with van der Waals surface area (Å²) in [6, 6.07) is 11.0. The van der Waals surface area contributed by atoms with Gasteiger partial charge in [0.15, 0.2) is 0 Å². The van der Waals surface area contributed by atoms with Gasteiger partial charge in [-0.2, -0.15) is 5.10 Å². The fraction of sp³-hybridized carbons (Fsp3) is 0.333. The topological polar surface area (TPSA) is 60.9 Å². The minimum atomic E-state index is -0.404. The quantitative estimate of drug-likeness (QED) is 0.911. The van der Waals surface area contributed by atoms with Gasteiger partial charge in [-0.3, -0.25) is 4.79 Å². The molecule has 0 aliphatic heterocycles. The Kier molecular flexibility index (Phi) is 4.12.